The molecule has 0 saturated carbocycles. The molecule has 0 radical (unpaired) electrons. The quantitative estimate of drug-likeness (QED) is 0.605. The summed E-state index contributed by atoms with van der Waals surface area (Å²) in [4.78, 5) is 20.2. The summed E-state index contributed by atoms with van der Waals surface area (Å²) in [6, 6.07) is 6.12. The zero-order chi connectivity index (χ0) is 10.6. The first kappa shape index (κ1) is 10.8. The van der Waals surface area contributed by atoms with E-state index in [1.54, 1.807) is 19.1 Å². The van der Waals surface area contributed by atoms with Crippen molar-refractivity contribution in [2.45, 2.75) is 6.92 Å². The Morgan fingerprint density at radius 3 is 2.71 bits per heavy atom. The minimum Gasteiger partial charge on any atom is -0.462 e. The molecule has 0 heterocycles. The van der Waals surface area contributed by atoms with Crippen molar-refractivity contribution < 1.29 is 19.0 Å². The van der Waals surface area contributed by atoms with Gasteiger partial charge in [-0.05, 0) is 23.6 Å². The molecule has 0 amide bonds. The Balaban J connectivity index is 3.07. The molecule has 0 spiro atoms. The number of carbonyl (C=O) groups excluding carboxylic acids is 1. The van der Waals surface area contributed by atoms with Crippen LogP contribution in [0.2, 0.25) is 0 Å². The zero-order valence-corrected chi connectivity index (χ0v) is 8.53. The maximum Gasteiger partial charge on any atom is 0.547 e. The second-order valence-electron chi connectivity index (χ2n) is 2.51. The summed E-state index contributed by atoms with van der Waals surface area (Å²) in [5.74, 6) is -0.569. The van der Waals surface area contributed by atoms with Crippen molar-refractivity contribution in [3.05, 3.63) is 29.8 Å². The van der Waals surface area contributed by atoms with E-state index in [4.69, 9.17) is 9.63 Å². The van der Waals surface area contributed by atoms with Gasteiger partial charge in [-0.25, -0.2) is 4.79 Å². The van der Waals surface area contributed by atoms with E-state index < -0.39 is 14.0 Å². The summed E-state index contributed by atoms with van der Waals surface area (Å²) in [7, 11) is -2.51. The maximum absolute atomic E-state index is 11.3. The molecule has 0 bridgehead atoms. The van der Waals surface area contributed by atoms with Crippen molar-refractivity contribution in [3.8, 4) is 0 Å². The molecule has 1 N–H and O–H groups in total. The third-order valence-corrected chi connectivity index (χ3v) is 2.41. The van der Waals surface area contributed by atoms with Crippen molar-refractivity contribution in [2.24, 2.45) is 0 Å². The Bertz CT molecular complexity index is 362. The van der Waals surface area contributed by atoms with Gasteiger partial charge in [-0.3, -0.25) is 0 Å². The zero-order valence-electron chi connectivity index (χ0n) is 7.64. The second kappa shape index (κ2) is 4.84. The molecule has 5 heteroatoms. The minimum absolute atomic E-state index is 0.112. The average molecular weight is 213 g/mol. The molecule has 0 aromatic heterocycles. The molecule has 0 saturated heterocycles. The standard InChI is InChI=1S/C9H9O4P/c1-2-13-9(10)7-5-3-4-6-8(7)14(11)12/h3-6H,2H2,1H3/p+1. The molecular weight excluding hydrogens is 203 g/mol. The van der Waals surface area contributed by atoms with Crippen LogP contribution in [-0.4, -0.2) is 17.5 Å². The fourth-order valence-electron chi connectivity index (χ4n) is 1.02. The lowest BCUT2D eigenvalue weighted by molar-refractivity contribution is 0.0528. The maximum atomic E-state index is 11.3. The highest BCUT2D eigenvalue weighted by atomic mass is 31.1. The largest absolute Gasteiger partial charge is 0.547 e. The Morgan fingerprint density at radius 2 is 2.14 bits per heavy atom. The molecule has 1 aromatic carbocycles. The molecule has 1 rings (SSSR count). The summed E-state index contributed by atoms with van der Waals surface area (Å²) in [5.41, 5.74) is 0.151. The lowest BCUT2D eigenvalue weighted by Crippen LogP contribution is -2.14. The highest BCUT2D eigenvalue weighted by molar-refractivity contribution is 7.47. The van der Waals surface area contributed by atoms with E-state index in [0.717, 1.165) is 0 Å². The van der Waals surface area contributed by atoms with Crippen LogP contribution in [0.5, 0.6) is 0 Å². The minimum atomic E-state index is -2.51. The topological polar surface area (TPSA) is 63.6 Å². The van der Waals surface area contributed by atoms with Crippen molar-refractivity contribution in [2.75, 3.05) is 6.61 Å². The van der Waals surface area contributed by atoms with Gasteiger partial charge in [-0.15, -0.1) is 0 Å². The van der Waals surface area contributed by atoms with E-state index in [2.05, 4.69) is 0 Å². The normalized spacial score (nSPS) is 10.9. The number of esters is 1. The monoisotopic (exact) mass is 213 g/mol. The lowest BCUT2D eigenvalue weighted by Gasteiger charge is -1.99. The van der Waals surface area contributed by atoms with Gasteiger partial charge in [0.2, 0.25) is 5.30 Å². The third-order valence-electron chi connectivity index (χ3n) is 1.61. The van der Waals surface area contributed by atoms with E-state index in [1.165, 1.54) is 12.1 Å². The van der Waals surface area contributed by atoms with E-state index in [9.17, 15) is 9.36 Å². The van der Waals surface area contributed by atoms with E-state index in [-0.39, 0.29) is 17.5 Å². The fraction of sp³-hybridized carbons (Fsp3) is 0.222. The van der Waals surface area contributed by atoms with Crippen LogP contribution in [0.1, 0.15) is 17.3 Å². The SMILES string of the molecule is CCOC(=O)c1ccccc1[P+](=O)O. The van der Waals surface area contributed by atoms with Crippen LogP contribution in [0.25, 0.3) is 0 Å². The molecule has 4 nitrogen and oxygen atoms in total. The van der Waals surface area contributed by atoms with Crippen LogP contribution in [-0.2, 0) is 9.30 Å². The first-order valence-corrected chi connectivity index (χ1v) is 5.30. The summed E-state index contributed by atoms with van der Waals surface area (Å²) in [6.45, 7) is 1.93. The first-order chi connectivity index (χ1) is 6.66. The van der Waals surface area contributed by atoms with Gasteiger partial charge in [0.15, 0.2) is 0 Å². The van der Waals surface area contributed by atoms with Crippen LogP contribution < -0.4 is 5.30 Å². The van der Waals surface area contributed by atoms with Crippen LogP contribution >= 0.6 is 8.03 Å². The highest BCUT2D eigenvalue weighted by Crippen LogP contribution is 2.16. The lowest BCUT2D eigenvalue weighted by atomic mass is 10.2. The van der Waals surface area contributed by atoms with Crippen molar-refractivity contribution in [1.82, 2.24) is 0 Å². The molecule has 1 aromatic rings. The first-order valence-electron chi connectivity index (χ1n) is 4.09. The summed E-state index contributed by atoms with van der Waals surface area (Å²) in [5, 5.41) is 0.112. The van der Waals surface area contributed by atoms with Gasteiger partial charge in [0.25, 0.3) is 0 Å². The number of hydrogen-bond donors (Lipinski definition) is 1. The summed E-state index contributed by atoms with van der Waals surface area (Å²) < 4.78 is 15.6. The van der Waals surface area contributed by atoms with E-state index in [1.807, 2.05) is 0 Å². The average Bonchev–Trinajstić information content (AvgIpc) is 2.18. The van der Waals surface area contributed by atoms with Gasteiger partial charge in [-0.1, -0.05) is 12.1 Å². The van der Waals surface area contributed by atoms with Crippen LogP contribution in [0.3, 0.4) is 0 Å². The number of carbonyl (C=O) groups is 1. The summed E-state index contributed by atoms with van der Waals surface area (Å²) >= 11 is 0. The smallest absolute Gasteiger partial charge is 0.462 e. The van der Waals surface area contributed by atoms with Crippen molar-refractivity contribution in [3.63, 3.8) is 0 Å². The Morgan fingerprint density at radius 1 is 1.50 bits per heavy atom. The Labute approximate surface area is 82.4 Å². The highest BCUT2D eigenvalue weighted by Gasteiger charge is 2.25. The molecule has 0 aliphatic carbocycles. The third kappa shape index (κ3) is 2.37. The van der Waals surface area contributed by atoms with Crippen LogP contribution in [0, 0.1) is 0 Å². The molecule has 1 atom stereocenters. The van der Waals surface area contributed by atoms with Gasteiger partial charge in [-0.2, -0.15) is 4.89 Å². The number of rotatable bonds is 3. The predicted octanol–water partition coefficient (Wildman–Crippen LogP) is 1.22. The van der Waals surface area contributed by atoms with Gasteiger partial charge in [0.1, 0.15) is 5.56 Å². The van der Waals surface area contributed by atoms with Crippen molar-refractivity contribution >= 4 is 19.3 Å². The second-order valence-corrected chi connectivity index (χ2v) is 3.54. The Kier molecular flexibility index (Phi) is 3.74. The number of ether oxygens (including phenoxy) is 1. The molecule has 74 valence electrons. The number of benzene rings is 1. The number of hydrogen-bond acceptors (Lipinski definition) is 3. The predicted molar refractivity (Wildman–Crippen MR) is 51.9 cm³/mol. The van der Waals surface area contributed by atoms with Crippen molar-refractivity contribution in [1.29, 1.82) is 0 Å². The van der Waals surface area contributed by atoms with Gasteiger partial charge in [0.05, 0.1) is 6.61 Å². The summed E-state index contributed by atoms with van der Waals surface area (Å²) in [6.07, 6.45) is 0. The molecule has 1 unspecified atom stereocenters. The van der Waals surface area contributed by atoms with Crippen LogP contribution in [0.4, 0.5) is 0 Å². The molecule has 0 aliphatic rings. The van der Waals surface area contributed by atoms with Gasteiger partial charge in [0, 0.05) is 0 Å². The molecule has 0 fully saturated rings. The Hall–Kier alpha value is -1.25. The van der Waals surface area contributed by atoms with Gasteiger partial charge < -0.3 is 4.74 Å². The van der Waals surface area contributed by atoms with E-state index in [0.29, 0.717) is 0 Å². The van der Waals surface area contributed by atoms with Gasteiger partial charge >= 0.3 is 14.0 Å². The van der Waals surface area contributed by atoms with E-state index >= 15 is 0 Å². The molecule has 14 heavy (non-hydrogen) atoms. The molecule has 0 aliphatic heterocycles. The molecular formula is C9H10O4P+. The fourth-order valence-corrected chi connectivity index (χ4v) is 1.61. The van der Waals surface area contributed by atoms with Crippen LogP contribution in [0.15, 0.2) is 24.3 Å².